The number of hydrogen-bond acceptors (Lipinski definition) is 4. The molecule has 2 rings (SSSR count). The van der Waals surface area contributed by atoms with Crippen molar-refractivity contribution in [1.82, 2.24) is 10.4 Å². The normalized spacial score (nSPS) is 12.7. The summed E-state index contributed by atoms with van der Waals surface area (Å²) in [6.07, 6.45) is 3.58. The van der Waals surface area contributed by atoms with Gasteiger partial charge >= 0.3 is 0 Å². The van der Waals surface area contributed by atoms with Crippen molar-refractivity contribution in [2.45, 2.75) is 13.0 Å². The van der Waals surface area contributed by atoms with Gasteiger partial charge in [0.1, 0.15) is 0 Å². The van der Waals surface area contributed by atoms with Gasteiger partial charge in [0.2, 0.25) is 0 Å². The molecule has 84 valence electrons. The zero-order valence-corrected chi connectivity index (χ0v) is 10.3. The number of nitrogens with one attached hydrogen (secondary N) is 1. The van der Waals surface area contributed by atoms with Crippen molar-refractivity contribution in [2.24, 2.45) is 5.84 Å². The molecule has 0 spiro atoms. The van der Waals surface area contributed by atoms with Gasteiger partial charge < -0.3 is 0 Å². The topological polar surface area (TPSA) is 50.9 Å². The predicted molar refractivity (Wildman–Crippen MR) is 67.5 cm³/mol. The maximum Gasteiger partial charge on any atom is 0.0834 e. The van der Waals surface area contributed by atoms with Gasteiger partial charge in [-0.15, -0.1) is 11.3 Å². The van der Waals surface area contributed by atoms with Crippen molar-refractivity contribution < 1.29 is 0 Å². The Balaban J connectivity index is 2.45. The fourth-order valence-corrected chi connectivity index (χ4v) is 2.84. The van der Waals surface area contributed by atoms with Gasteiger partial charge in [-0.2, -0.15) is 0 Å². The SMILES string of the molecule is Cc1ccncc1C(NN)c1sccc1Cl. The van der Waals surface area contributed by atoms with Crippen LogP contribution in [0, 0.1) is 6.92 Å². The molecule has 2 aromatic heterocycles. The van der Waals surface area contributed by atoms with Crippen LogP contribution in [0.1, 0.15) is 22.0 Å². The summed E-state index contributed by atoms with van der Waals surface area (Å²) in [6.45, 7) is 2.03. The van der Waals surface area contributed by atoms with Crippen LogP contribution in [0.4, 0.5) is 0 Å². The highest BCUT2D eigenvalue weighted by Crippen LogP contribution is 2.33. The number of aryl methyl sites for hydroxylation is 1. The Morgan fingerprint density at radius 3 is 2.88 bits per heavy atom. The molecule has 0 amide bonds. The molecule has 0 fully saturated rings. The maximum atomic E-state index is 6.11. The Morgan fingerprint density at radius 1 is 1.50 bits per heavy atom. The molecule has 3 N–H and O–H groups in total. The van der Waals surface area contributed by atoms with Crippen LogP contribution in [0.3, 0.4) is 0 Å². The summed E-state index contributed by atoms with van der Waals surface area (Å²) in [4.78, 5) is 5.13. The molecule has 3 nitrogen and oxygen atoms in total. The second-order valence-electron chi connectivity index (χ2n) is 3.46. The first kappa shape index (κ1) is 11.5. The lowest BCUT2D eigenvalue weighted by molar-refractivity contribution is 0.641. The number of pyridine rings is 1. The van der Waals surface area contributed by atoms with Crippen LogP contribution in [0.15, 0.2) is 29.9 Å². The number of thiophene rings is 1. The minimum atomic E-state index is -0.0961. The fraction of sp³-hybridized carbons (Fsp3) is 0.182. The minimum absolute atomic E-state index is 0.0961. The van der Waals surface area contributed by atoms with Crippen molar-refractivity contribution in [3.63, 3.8) is 0 Å². The first-order chi connectivity index (χ1) is 7.74. The molecule has 0 radical (unpaired) electrons. The molecule has 0 aromatic carbocycles. The first-order valence-electron chi connectivity index (χ1n) is 4.83. The minimum Gasteiger partial charge on any atom is -0.271 e. The van der Waals surface area contributed by atoms with Gasteiger partial charge in [0.15, 0.2) is 0 Å². The zero-order valence-electron chi connectivity index (χ0n) is 8.77. The Morgan fingerprint density at radius 2 is 2.31 bits per heavy atom. The molecule has 0 bridgehead atoms. The molecule has 2 aromatic rings. The van der Waals surface area contributed by atoms with Crippen LogP contribution in [-0.2, 0) is 0 Å². The summed E-state index contributed by atoms with van der Waals surface area (Å²) in [5.41, 5.74) is 4.98. The van der Waals surface area contributed by atoms with Crippen LogP contribution in [0.5, 0.6) is 0 Å². The van der Waals surface area contributed by atoms with Crippen molar-refractivity contribution in [3.05, 3.63) is 50.9 Å². The number of hydrogen-bond donors (Lipinski definition) is 2. The van der Waals surface area contributed by atoms with Crippen LogP contribution in [-0.4, -0.2) is 4.98 Å². The average Bonchev–Trinajstić information content (AvgIpc) is 2.69. The quantitative estimate of drug-likeness (QED) is 0.653. The Labute approximate surface area is 103 Å². The predicted octanol–water partition coefficient (Wildman–Crippen LogP) is 2.66. The largest absolute Gasteiger partial charge is 0.271 e. The lowest BCUT2D eigenvalue weighted by atomic mass is 10.0. The second kappa shape index (κ2) is 4.93. The van der Waals surface area contributed by atoms with E-state index in [9.17, 15) is 0 Å². The summed E-state index contributed by atoms with van der Waals surface area (Å²) >= 11 is 7.69. The Kier molecular flexibility index (Phi) is 3.56. The van der Waals surface area contributed by atoms with E-state index in [1.165, 1.54) is 0 Å². The van der Waals surface area contributed by atoms with Gasteiger partial charge in [0.05, 0.1) is 11.1 Å². The monoisotopic (exact) mass is 253 g/mol. The van der Waals surface area contributed by atoms with Gasteiger partial charge in [-0.25, -0.2) is 5.43 Å². The van der Waals surface area contributed by atoms with E-state index >= 15 is 0 Å². The molecular formula is C11H12ClN3S. The molecule has 0 aliphatic rings. The van der Waals surface area contributed by atoms with E-state index in [-0.39, 0.29) is 6.04 Å². The highest BCUT2D eigenvalue weighted by Gasteiger charge is 2.18. The average molecular weight is 254 g/mol. The number of aromatic nitrogens is 1. The zero-order chi connectivity index (χ0) is 11.5. The standard InChI is InChI=1S/C11H12ClN3S/c1-7-2-4-14-6-8(7)10(15-13)11-9(12)3-5-16-11/h2-6,10,15H,13H2,1H3. The van der Waals surface area contributed by atoms with Gasteiger partial charge in [-0.1, -0.05) is 11.6 Å². The summed E-state index contributed by atoms with van der Waals surface area (Å²) in [7, 11) is 0. The Bertz CT molecular complexity index is 484. The smallest absolute Gasteiger partial charge is 0.0834 e. The number of halogens is 1. The van der Waals surface area contributed by atoms with E-state index in [4.69, 9.17) is 17.4 Å². The van der Waals surface area contributed by atoms with Crippen LogP contribution in [0.25, 0.3) is 0 Å². The van der Waals surface area contributed by atoms with Gasteiger partial charge in [0, 0.05) is 17.3 Å². The molecule has 0 aliphatic carbocycles. The summed E-state index contributed by atoms with van der Waals surface area (Å²) in [6, 6.07) is 3.74. The van der Waals surface area contributed by atoms with Crippen molar-refractivity contribution in [2.75, 3.05) is 0 Å². The third-order valence-corrected chi connectivity index (χ3v) is 3.89. The maximum absolute atomic E-state index is 6.11. The number of nitrogens with zero attached hydrogens (tertiary/aromatic N) is 1. The molecule has 16 heavy (non-hydrogen) atoms. The fourth-order valence-electron chi connectivity index (χ4n) is 1.60. The van der Waals surface area contributed by atoms with Crippen LogP contribution in [0.2, 0.25) is 5.02 Å². The van der Waals surface area contributed by atoms with Crippen molar-refractivity contribution >= 4 is 22.9 Å². The van der Waals surface area contributed by atoms with E-state index in [2.05, 4.69) is 10.4 Å². The second-order valence-corrected chi connectivity index (χ2v) is 4.82. The number of rotatable bonds is 3. The number of hydrazine groups is 1. The third-order valence-electron chi connectivity index (χ3n) is 2.46. The summed E-state index contributed by atoms with van der Waals surface area (Å²) in [5, 5.41) is 2.68. The molecule has 0 saturated carbocycles. The molecule has 0 aliphatic heterocycles. The van der Waals surface area contributed by atoms with E-state index in [0.717, 1.165) is 21.0 Å². The highest BCUT2D eigenvalue weighted by molar-refractivity contribution is 7.10. The summed E-state index contributed by atoms with van der Waals surface area (Å²) < 4.78 is 0. The van der Waals surface area contributed by atoms with Gasteiger partial charge in [-0.05, 0) is 35.6 Å². The summed E-state index contributed by atoms with van der Waals surface area (Å²) in [5.74, 6) is 5.60. The molecule has 0 saturated heterocycles. The first-order valence-corrected chi connectivity index (χ1v) is 6.09. The molecule has 2 heterocycles. The van der Waals surface area contributed by atoms with Gasteiger partial charge in [0.25, 0.3) is 0 Å². The van der Waals surface area contributed by atoms with E-state index in [0.29, 0.717) is 0 Å². The van der Waals surface area contributed by atoms with Crippen LogP contribution < -0.4 is 11.3 Å². The lowest BCUT2D eigenvalue weighted by Gasteiger charge is -2.17. The van der Waals surface area contributed by atoms with Crippen molar-refractivity contribution in [1.29, 1.82) is 0 Å². The van der Waals surface area contributed by atoms with E-state index in [1.807, 2.05) is 30.6 Å². The van der Waals surface area contributed by atoms with E-state index < -0.39 is 0 Å². The van der Waals surface area contributed by atoms with Crippen molar-refractivity contribution in [3.8, 4) is 0 Å². The van der Waals surface area contributed by atoms with E-state index in [1.54, 1.807) is 17.5 Å². The molecule has 1 atom stereocenters. The molecule has 1 unspecified atom stereocenters. The lowest BCUT2D eigenvalue weighted by Crippen LogP contribution is -2.29. The molecular weight excluding hydrogens is 242 g/mol. The van der Waals surface area contributed by atoms with Gasteiger partial charge in [-0.3, -0.25) is 10.8 Å². The Hall–Kier alpha value is -0.940. The molecule has 5 heteroatoms. The highest BCUT2D eigenvalue weighted by atomic mass is 35.5. The third kappa shape index (κ3) is 2.10. The number of nitrogens with two attached hydrogens (primary N) is 1. The van der Waals surface area contributed by atoms with Crippen LogP contribution >= 0.6 is 22.9 Å².